The van der Waals surface area contributed by atoms with Crippen molar-refractivity contribution in [3.05, 3.63) is 96.0 Å². The first-order valence-corrected chi connectivity index (χ1v) is 20.7. The molecule has 1 aliphatic carbocycles. The average Bonchev–Trinajstić information content (AvgIpc) is 3.54. The lowest BCUT2D eigenvalue weighted by Crippen LogP contribution is -2.35. The third kappa shape index (κ3) is 9.32. The molecule has 0 bridgehead atoms. The first-order chi connectivity index (χ1) is 27.3. The number of allylic oxidation sites excluding steroid dienone is 4. The van der Waals surface area contributed by atoms with Crippen molar-refractivity contribution in [2.24, 2.45) is 20.0 Å². The molecule has 57 heavy (non-hydrogen) atoms. The number of nitrogens with one attached hydrogen (secondary N) is 1. The molecule has 1 aromatic carbocycles. The lowest BCUT2D eigenvalue weighted by molar-refractivity contribution is 0.287. The van der Waals surface area contributed by atoms with E-state index in [4.69, 9.17) is 10.1 Å². The van der Waals surface area contributed by atoms with Crippen molar-refractivity contribution in [2.45, 2.75) is 84.7 Å². The van der Waals surface area contributed by atoms with E-state index in [0.29, 0.717) is 31.0 Å². The quantitative estimate of drug-likeness (QED) is 0.164. The number of benzene rings is 1. The van der Waals surface area contributed by atoms with Crippen LogP contribution in [0.25, 0.3) is 17.0 Å². The normalized spacial score (nSPS) is 19.2. The molecule has 0 radical (unpaired) electrons. The first-order valence-electron chi connectivity index (χ1n) is 20.7. The minimum atomic E-state index is -0.289. The number of piperidine rings is 1. The molecule has 2 saturated heterocycles. The fourth-order valence-electron chi connectivity index (χ4n) is 8.86. The van der Waals surface area contributed by atoms with Crippen LogP contribution < -0.4 is 15.1 Å². The Bertz CT molecular complexity index is 2040. The molecule has 2 fully saturated rings. The monoisotopic (exact) mass is 783 g/mol. The Kier molecular flexibility index (Phi) is 13.3. The van der Waals surface area contributed by atoms with Gasteiger partial charge in [-0.15, -0.1) is 6.58 Å². The van der Waals surface area contributed by atoms with Gasteiger partial charge in [-0.2, -0.15) is 9.90 Å². The first kappa shape index (κ1) is 41.8. The summed E-state index contributed by atoms with van der Waals surface area (Å²) in [5.41, 5.74) is 7.11. The standard InChI is InChI=1S/C45H64F2N10/c1-11-34(28-51(7)8)29-55(31(3)4)44-32(5)23-36(47)24-39(44)40-17-16-18-43(50-40)49-37-26-38(12-2)56(30-37)45-33(6)27-48-57(53(10)52(45)9)41-20-19-35(46)25-42(41)54-21-14-13-15-22-54/h12,16-18,23-25,27,34,37-38H,2-3,11,13-15,19-22,26,28-30H2,1,4-10H3,(H,49,50). The molecule has 4 heterocycles. The Hall–Kier alpha value is -4.84. The molecule has 0 saturated carbocycles. The molecule has 2 aromatic heterocycles. The molecule has 6 rings (SSSR count). The smallest absolute Gasteiger partial charge is 0.129 e. The van der Waals surface area contributed by atoms with Gasteiger partial charge in [0, 0.05) is 76.1 Å². The summed E-state index contributed by atoms with van der Waals surface area (Å²) < 4.78 is 32.1. The highest BCUT2D eigenvalue weighted by molar-refractivity contribution is 5.81. The number of hydrogen-bond donors (Lipinski definition) is 1. The second-order valence-corrected chi connectivity index (χ2v) is 16.5. The minimum Gasteiger partial charge on any atom is -0.370 e. The molecule has 1 N–H and O–H groups in total. The average molecular weight is 783 g/mol. The van der Waals surface area contributed by atoms with Crippen LogP contribution in [-0.2, 0) is 14.1 Å². The van der Waals surface area contributed by atoms with Crippen molar-refractivity contribution in [1.29, 1.82) is 0 Å². The van der Waals surface area contributed by atoms with E-state index in [1.54, 1.807) is 18.2 Å². The summed E-state index contributed by atoms with van der Waals surface area (Å²) in [5, 5.41) is 8.71. The summed E-state index contributed by atoms with van der Waals surface area (Å²) in [6, 6.07) is 9.25. The molecule has 2 aliphatic heterocycles. The van der Waals surface area contributed by atoms with E-state index in [-0.39, 0.29) is 23.7 Å². The number of pyridine rings is 1. The lowest BCUT2D eigenvalue weighted by Gasteiger charge is -2.33. The van der Waals surface area contributed by atoms with Crippen molar-refractivity contribution in [3.8, 4) is 11.3 Å². The zero-order valence-electron chi connectivity index (χ0n) is 35.5. The number of likely N-dealkylation sites (tertiary alicyclic amines) is 1. The van der Waals surface area contributed by atoms with Crippen LogP contribution in [0.3, 0.4) is 0 Å². The van der Waals surface area contributed by atoms with Crippen LogP contribution in [0.1, 0.15) is 69.9 Å². The van der Waals surface area contributed by atoms with Crippen molar-refractivity contribution in [1.82, 2.24) is 34.2 Å². The van der Waals surface area contributed by atoms with Gasteiger partial charge in [0.2, 0.25) is 0 Å². The molecule has 12 heteroatoms. The second-order valence-electron chi connectivity index (χ2n) is 16.5. The Morgan fingerprint density at radius 1 is 1.05 bits per heavy atom. The molecular weight excluding hydrogens is 719 g/mol. The lowest BCUT2D eigenvalue weighted by atomic mass is 9.99. The summed E-state index contributed by atoms with van der Waals surface area (Å²) in [7, 11) is 8.27. The zero-order valence-corrected chi connectivity index (χ0v) is 35.5. The molecule has 0 spiro atoms. The van der Waals surface area contributed by atoms with Crippen LogP contribution in [0.5, 0.6) is 0 Å². The Labute approximate surface area is 339 Å². The van der Waals surface area contributed by atoms with Crippen molar-refractivity contribution < 1.29 is 8.78 Å². The Morgan fingerprint density at radius 3 is 2.49 bits per heavy atom. The van der Waals surface area contributed by atoms with Gasteiger partial charge in [-0.3, -0.25) is 4.68 Å². The van der Waals surface area contributed by atoms with Gasteiger partial charge in [0.05, 0.1) is 35.0 Å². The van der Waals surface area contributed by atoms with Gasteiger partial charge in [0.15, 0.2) is 0 Å². The number of aryl methyl sites for hydroxylation is 2. The highest BCUT2D eigenvalue weighted by atomic mass is 19.1. The second kappa shape index (κ2) is 18.2. The minimum absolute atomic E-state index is 0.0524. The summed E-state index contributed by atoms with van der Waals surface area (Å²) >= 11 is 0. The van der Waals surface area contributed by atoms with Crippen LogP contribution in [0.2, 0.25) is 0 Å². The van der Waals surface area contributed by atoms with E-state index in [0.717, 1.165) is 103 Å². The number of rotatable bonds is 14. The molecular formula is C45H64F2N10. The van der Waals surface area contributed by atoms with Crippen LogP contribution in [0, 0.1) is 25.6 Å². The summed E-state index contributed by atoms with van der Waals surface area (Å²) in [4.78, 5) is 18.2. The van der Waals surface area contributed by atoms with E-state index < -0.39 is 0 Å². The van der Waals surface area contributed by atoms with E-state index in [2.05, 4.69) is 77.7 Å². The SMILES string of the molecule is C=CC1CC(Nc2cccc(-c3cc(F)cc(C)c3N(CC(CC)CN(C)C)C(=C)C)n2)CN1c1c(C)cnn(C2=C(N3CCCCC3)C=C(F)CC2)n(C)n1C. The predicted molar refractivity (Wildman–Crippen MR) is 232 cm³/mol. The predicted octanol–water partition coefficient (Wildman–Crippen LogP) is 8.98. The number of aromatic nitrogens is 5. The van der Waals surface area contributed by atoms with Crippen molar-refractivity contribution in [2.75, 3.05) is 61.9 Å². The number of hydrogen-bond acceptors (Lipinski definition) is 7. The zero-order chi connectivity index (χ0) is 41.0. The van der Waals surface area contributed by atoms with Crippen LogP contribution >= 0.6 is 0 Å². The largest absolute Gasteiger partial charge is 0.370 e. The highest BCUT2D eigenvalue weighted by Crippen LogP contribution is 2.38. The van der Waals surface area contributed by atoms with Gasteiger partial charge in [-0.25, -0.2) is 18.6 Å². The van der Waals surface area contributed by atoms with E-state index in [1.165, 1.54) is 6.42 Å². The molecule has 3 unspecified atom stereocenters. The molecule has 0 amide bonds. The Balaban J connectivity index is 1.30. The van der Waals surface area contributed by atoms with E-state index in [1.807, 2.05) is 61.0 Å². The van der Waals surface area contributed by atoms with Crippen molar-refractivity contribution >= 4 is 23.0 Å². The van der Waals surface area contributed by atoms with Gasteiger partial charge >= 0.3 is 0 Å². The highest BCUT2D eigenvalue weighted by Gasteiger charge is 2.33. The van der Waals surface area contributed by atoms with Gasteiger partial charge in [-0.1, -0.05) is 32.1 Å². The molecule has 10 nitrogen and oxygen atoms in total. The molecule has 3 aromatic rings. The third-order valence-corrected chi connectivity index (χ3v) is 11.8. The van der Waals surface area contributed by atoms with E-state index in [9.17, 15) is 4.39 Å². The number of halogens is 2. The number of nitrogens with zero attached hydrogens (tertiary/aromatic N) is 9. The fourth-order valence-corrected chi connectivity index (χ4v) is 8.86. The molecule has 308 valence electrons. The summed E-state index contributed by atoms with van der Waals surface area (Å²) in [6.45, 7) is 21.2. The Morgan fingerprint density at radius 2 is 1.81 bits per heavy atom. The maximum Gasteiger partial charge on any atom is 0.129 e. The molecule has 3 atom stereocenters. The van der Waals surface area contributed by atoms with Gasteiger partial charge < -0.3 is 24.9 Å². The van der Waals surface area contributed by atoms with Gasteiger partial charge in [-0.05, 0) is 109 Å². The maximum absolute atomic E-state index is 15.2. The van der Waals surface area contributed by atoms with Crippen LogP contribution in [0.4, 0.5) is 26.1 Å². The third-order valence-electron chi connectivity index (χ3n) is 11.8. The summed E-state index contributed by atoms with van der Waals surface area (Å²) in [6.07, 6.45) is 11.9. The fraction of sp³-hybridized carbons (Fsp3) is 0.511. The van der Waals surface area contributed by atoms with Crippen LogP contribution in [-0.4, -0.2) is 93.1 Å². The van der Waals surface area contributed by atoms with Gasteiger partial charge in [0.25, 0.3) is 0 Å². The molecule has 3 aliphatic rings. The van der Waals surface area contributed by atoms with Gasteiger partial charge in [0.1, 0.15) is 23.3 Å². The van der Waals surface area contributed by atoms with E-state index >= 15 is 4.39 Å². The topological polar surface area (TPSA) is 65.6 Å². The van der Waals surface area contributed by atoms with Crippen molar-refractivity contribution in [3.63, 3.8) is 0 Å². The maximum atomic E-state index is 15.2. The summed E-state index contributed by atoms with van der Waals surface area (Å²) in [5.74, 6) is 1.80. The van der Waals surface area contributed by atoms with Crippen LogP contribution in [0.15, 0.2) is 79.1 Å². The number of anilines is 3.